The zero-order valence-corrected chi connectivity index (χ0v) is 13.0. The molecule has 0 radical (unpaired) electrons. The molecule has 4 nitrogen and oxygen atoms in total. The maximum absolute atomic E-state index is 13.6. The lowest BCUT2D eigenvalue weighted by atomic mass is 9.94. The van der Waals surface area contributed by atoms with Gasteiger partial charge in [0, 0.05) is 56.5 Å². The van der Waals surface area contributed by atoms with E-state index >= 15 is 0 Å². The molecule has 1 aromatic carbocycles. The fraction of sp³-hybridized carbons (Fsp3) is 0.471. The third-order valence-electron chi connectivity index (χ3n) is 4.34. The van der Waals surface area contributed by atoms with Crippen molar-refractivity contribution < 1.29 is 13.9 Å². The first-order valence-corrected chi connectivity index (χ1v) is 7.56. The highest BCUT2D eigenvalue weighted by Crippen LogP contribution is 2.28. The highest BCUT2D eigenvalue weighted by molar-refractivity contribution is 5.91. The number of nitrogens with zero attached hydrogens (tertiary/aromatic N) is 1. The van der Waals surface area contributed by atoms with Gasteiger partial charge in [0.25, 0.3) is 0 Å². The van der Waals surface area contributed by atoms with Crippen LogP contribution in [0.1, 0.15) is 18.5 Å². The number of halogens is 1. The average molecular weight is 304 g/mol. The molecule has 1 N–H and O–H groups in total. The lowest BCUT2D eigenvalue weighted by Crippen LogP contribution is -2.44. The number of fused-ring (bicyclic) bond motifs is 1. The van der Waals surface area contributed by atoms with E-state index in [0.717, 1.165) is 35.1 Å². The molecule has 0 amide bonds. The minimum Gasteiger partial charge on any atom is -0.382 e. The molecule has 3 rings (SSSR count). The Morgan fingerprint density at radius 1 is 1.32 bits per heavy atom. The van der Waals surface area contributed by atoms with Crippen LogP contribution < -0.4 is 5.32 Å². The van der Waals surface area contributed by atoms with Gasteiger partial charge >= 0.3 is 0 Å². The number of hydrogen-bond acceptors (Lipinski definition) is 4. The molecule has 1 fully saturated rings. The van der Waals surface area contributed by atoms with Gasteiger partial charge in [-0.3, -0.25) is 4.98 Å². The first-order chi connectivity index (χ1) is 10.6. The van der Waals surface area contributed by atoms with Crippen LogP contribution in [0.15, 0.2) is 24.3 Å². The monoisotopic (exact) mass is 304 g/mol. The van der Waals surface area contributed by atoms with Crippen LogP contribution in [0.3, 0.4) is 0 Å². The Hall–Kier alpha value is -1.72. The molecule has 1 aliphatic rings. The van der Waals surface area contributed by atoms with Crippen LogP contribution in [0.5, 0.6) is 0 Å². The predicted molar refractivity (Wildman–Crippen MR) is 84.7 cm³/mol. The molecular formula is C17H21FN2O2. The molecule has 0 unspecified atom stereocenters. The number of methoxy groups -OCH3 is 1. The second-order valence-electron chi connectivity index (χ2n) is 5.83. The third kappa shape index (κ3) is 3.05. The van der Waals surface area contributed by atoms with Crippen molar-refractivity contribution in [3.8, 4) is 0 Å². The number of hydrogen-bond donors (Lipinski definition) is 1. The normalized spacial score (nSPS) is 17.6. The topological polar surface area (TPSA) is 43.4 Å². The highest BCUT2D eigenvalue weighted by Gasteiger charge is 2.32. The average Bonchev–Trinajstić information content (AvgIpc) is 2.54. The number of anilines is 1. The zero-order chi connectivity index (χ0) is 15.6. The van der Waals surface area contributed by atoms with Crippen molar-refractivity contribution in [2.24, 2.45) is 0 Å². The minimum absolute atomic E-state index is 0.227. The van der Waals surface area contributed by atoms with Crippen LogP contribution in [0.25, 0.3) is 10.9 Å². The number of aromatic nitrogens is 1. The summed E-state index contributed by atoms with van der Waals surface area (Å²) < 4.78 is 24.7. The quantitative estimate of drug-likeness (QED) is 0.941. The van der Waals surface area contributed by atoms with Gasteiger partial charge in [-0.1, -0.05) is 0 Å². The van der Waals surface area contributed by atoms with Gasteiger partial charge in [-0.2, -0.15) is 0 Å². The summed E-state index contributed by atoms with van der Waals surface area (Å²) in [5, 5.41) is 4.23. The Morgan fingerprint density at radius 3 is 2.82 bits per heavy atom. The molecule has 5 heteroatoms. The Bertz CT molecular complexity index is 669. The molecule has 0 atom stereocenters. The van der Waals surface area contributed by atoms with E-state index in [9.17, 15) is 4.39 Å². The first kappa shape index (κ1) is 15.2. The lowest BCUT2D eigenvalue weighted by molar-refractivity contribution is -0.0807. The summed E-state index contributed by atoms with van der Waals surface area (Å²) in [6, 6.07) is 6.62. The molecule has 0 spiro atoms. The Morgan fingerprint density at radius 2 is 2.09 bits per heavy atom. The van der Waals surface area contributed by atoms with E-state index in [0.29, 0.717) is 19.8 Å². The van der Waals surface area contributed by atoms with E-state index in [1.165, 1.54) is 12.1 Å². The third-order valence-corrected chi connectivity index (χ3v) is 4.34. The van der Waals surface area contributed by atoms with E-state index < -0.39 is 0 Å². The second kappa shape index (κ2) is 6.18. The van der Waals surface area contributed by atoms with E-state index in [1.807, 2.05) is 13.0 Å². The van der Waals surface area contributed by atoms with Crippen molar-refractivity contribution in [2.75, 3.05) is 32.2 Å². The van der Waals surface area contributed by atoms with E-state index in [1.54, 1.807) is 13.2 Å². The van der Waals surface area contributed by atoms with Gasteiger partial charge in [0.05, 0.1) is 11.1 Å². The summed E-state index contributed by atoms with van der Waals surface area (Å²) in [5.74, 6) is -0.256. The molecule has 118 valence electrons. The summed E-state index contributed by atoms with van der Waals surface area (Å²) in [5.41, 5.74) is 2.36. The molecular weight excluding hydrogens is 283 g/mol. The van der Waals surface area contributed by atoms with E-state index in [4.69, 9.17) is 9.47 Å². The van der Waals surface area contributed by atoms with Crippen LogP contribution >= 0.6 is 0 Å². The van der Waals surface area contributed by atoms with Crippen molar-refractivity contribution in [1.82, 2.24) is 4.98 Å². The summed E-state index contributed by atoms with van der Waals surface area (Å²) in [6.07, 6.45) is 1.71. The number of aryl methyl sites for hydroxylation is 1. The largest absolute Gasteiger partial charge is 0.382 e. The molecule has 1 aromatic heterocycles. The van der Waals surface area contributed by atoms with Gasteiger partial charge < -0.3 is 14.8 Å². The number of nitrogens with one attached hydrogen (secondary N) is 1. The van der Waals surface area contributed by atoms with Crippen LogP contribution in [-0.4, -0.2) is 37.5 Å². The van der Waals surface area contributed by atoms with Crippen molar-refractivity contribution in [1.29, 1.82) is 0 Å². The molecule has 1 aliphatic heterocycles. The molecule has 22 heavy (non-hydrogen) atoms. The van der Waals surface area contributed by atoms with Gasteiger partial charge in [0.2, 0.25) is 0 Å². The molecule has 0 saturated carbocycles. The maximum atomic E-state index is 13.6. The summed E-state index contributed by atoms with van der Waals surface area (Å²) >= 11 is 0. The summed E-state index contributed by atoms with van der Waals surface area (Å²) in [4.78, 5) is 4.45. The smallest absolute Gasteiger partial charge is 0.124 e. The first-order valence-electron chi connectivity index (χ1n) is 7.56. The van der Waals surface area contributed by atoms with Gasteiger partial charge in [0.1, 0.15) is 5.82 Å². The van der Waals surface area contributed by atoms with Gasteiger partial charge in [-0.25, -0.2) is 4.39 Å². The van der Waals surface area contributed by atoms with Crippen molar-refractivity contribution in [3.63, 3.8) is 0 Å². The standard InChI is InChI=1S/C17H21FN2O2/c1-12-9-16(14-10-13(18)3-4-15(14)20-12)19-11-17(21-2)5-7-22-8-6-17/h3-4,9-10H,5-8,11H2,1-2H3,(H,19,20). The SMILES string of the molecule is COC1(CNc2cc(C)nc3ccc(F)cc23)CCOCC1. The van der Waals surface area contributed by atoms with Gasteiger partial charge in [-0.15, -0.1) is 0 Å². The van der Waals surface area contributed by atoms with Crippen molar-refractivity contribution >= 4 is 16.6 Å². The number of rotatable bonds is 4. The van der Waals surface area contributed by atoms with E-state index in [2.05, 4.69) is 10.3 Å². The maximum Gasteiger partial charge on any atom is 0.124 e. The summed E-state index contributed by atoms with van der Waals surface area (Å²) in [6.45, 7) is 4.02. The van der Waals surface area contributed by atoms with Gasteiger partial charge in [0.15, 0.2) is 0 Å². The van der Waals surface area contributed by atoms with Crippen LogP contribution in [0, 0.1) is 12.7 Å². The number of ether oxygens (including phenoxy) is 2. The fourth-order valence-electron chi connectivity index (χ4n) is 2.93. The highest BCUT2D eigenvalue weighted by atomic mass is 19.1. The predicted octanol–water partition coefficient (Wildman–Crippen LogP) is 3.29. The zero-order valence-electron chi connectivity index (χ0n) is 13.0. The number of pyridine rings is 1. The lowest BCUT2D eigenvalue weighted by Gasteiger charge is -2.36. The molecule has 0 aliphatic carbocycles. The molecule has 2 aromatic rings. The molecule has 0 bridgehead atoms. The van der Waals surface area contributed by atoms with Crippen LogP contribution in [-0.2, 0) is 9.47 Å². The van der Waals surface area contributed by atoms with Crippen LogP contribution in [0.2, 0.25) is 0 Å². The molecule has 2 heterocycles. The van der Waals surface area contributed by atoms with Crippen LogP contribution in [0.4, 0.5) is 10.1 Å². The van der Waals surface area contributed by atoms with Gasteiger partial charge in [-0.05, 0) is 31.2 Å². The Kier molecular flexibility index (Phi) is 4.27. The Labute approximate surface area is 129 Å². The fourth-order valence-corrected chi connectivity index (χ4v) is 2.93. The van der Waals surface area contributed by atoms with Crippen molar-refractivity contribution in [3.05, 3.63) is 35.8 Å². The minimum atomic E-state index is -0.256. The Balaban J connectivity index is 1.88. The second-order valence-corrected chi connectivity index (χ2v) is 5.83. The number of benzene rings is 1. The summed E-state index contributed by atoms with van der Waals surface area (Å²) in [7, 11) is 1.74. The van der Waals surface area contributed by atoms with Crippen molar-refractivity contribution in [2.45, 2.75) is 25.4 Å². The van der Waals surface area contributed by atoms with E-state index in [-0.39, 0.29) is 11.4 Å². The molecule has 1 saturated heterocycles.